The van der Waals surface area contributed by atoms with Gasteiger partial charge in [-0.05, 0) is 24.3 Å². The lowest BCUT2D eigenvalue weighted by molar-refractivity contribution is -0.380. The number of anilines is 1. The minimum Gasteiger partial charge on any atom is -0.478 e. The molecule has 0 saturated carbocycles. The van der Waals surface area contributed by atoms with E-state index in [0.29, 0.717) is 0 Å². The smallest absolute Gasteiger partial charge is 0.335 e. The lowest BCUT2D eigenvalue weighted by atomic mass is 10.2. The largest absolute Gasteiger partial charge is 0.478 e. The molecule has 0 fully saturated rings. The number of carbonyl (C=O) groups excluding carboxylic acids is 1. The Morgan fingerprint density at radius 1 is 1.29 bits per heavy atom. The molecule has 1 heterocycles. The normalized spacial score (nSPS) is 10.1. The first-order valence-corrected chi connectivity index (χ1v) is 6.66. The van der Waals surface area contributed by atoms with Crippen LogP contribution < -0.4 is 5.32 Å². The van der Waals surface area contributed by atoms with E-state index in [0.717, 1.165) is 11.3 Å². The van der Waals surface area contributed by atoms with Gasteiger partial charge in [0.05, 0.1) is 15.4 Å². The van der Waals surface area contributed by atoms with Crippen LogP contribution in [0.3, 0.4) is 0 Å². The van der Waals surface area contributed by atoms with Crippen LogP contribution in [-0.2, 0) is 0 Å². The van der Waals surface area contributed by atoms with Gasteiger partial charge in [0.25, 0.3) is 5.91 Å². The molecule has 0 atom stereocenters. The number of carbonyl (C=O) groups is 2. The van der Waals surface area contributed by atoms with Crippen molar-refractivity contribution in [1.82, 2.24) is 0 Å². The average Bonchev–Trinajstić information content (AvgIpc) is 2.87. The molecule has 9 heteroatoms. The van der Waals surface area contributed by atoms with Crippen molar-refractivity contribution in [1.29, 1.82) is 0 Å². The molecule has 2 aromatic rings. The van der Waals surface area contributed by atoms with E-state index in [1.54, 1.807) is 0 Å². The van der Waals surface area contributed by atoms with Crippen LogP contribution in [0.2, 0.25) is 5.02 Å². The number of hydrogen-bond donors (Lipinski definition) is 2. The monoisotopic (exact) mass is 326 g/mol. The summed E-state index contributed by atoms with van der Waals surface area (Å²) in [5.41, 5.74) is 0.121. The Bertz CT molecular complexity index is 743. The van der Waals surface area contributed by atoms with Gasteiger partial charge in [-0.15, -0.1) is 0 Å². The second kappa shape index (κ2) is 5.90. The number of amides is 1. The molecule has 108 valence electrons. The van der Waals surface area contributed by atoms with E-state index in [4.69, 9.17) is 16.7 Å². The van der Waals surface area contributed by atoms with Gasteiger partial charge in [-0.3, -0.25) is 14.9 Å². The number of nitrogens with zero attached hydrogens (tertiary/aromatic N) is 1. The summed E-state index contributed by atoms with van der Waals surface area (Å²) in [7, 11) is 0. The highest BCUT2D eigenvalue weighted by atomic mass is 35.5. The van der Waals surface area contributed by atoms with Gasteiger partial charge in [0.2, 0.25) is 0 Å². The van der Waals surface area contributed by atoms with Gasteiger partial charge in [-0.25, -0.2) is 4.79 Å². The summed E-state index contributed by atoms with van der Waals surface area (Å²) in [6.07, 6.45) is 0. The third-order valence-corrected chi connectivity index (χ3v) is 3.65. The van der Waals surface area contributed by atoms with E-state index >= 15 is 0 Å². The van der Waals surface area contributed by atoms with Crippen LogP contribution in [0.15, 0.2) is 30.3 Å². The molecular weight excluding hydrogens is 320 g/mol. The highest BCUT2D eigenvalue weighted by Crippen LogP contribution is 2.25. The van der Waals surface area contributed by atoms with Crippen LogP contribution in [0.4, 0.5) is 10.7 Å². The second-order valence-electron chi connectivity index (χ2n) is 3.88. The SMILES string of the molecule is O=C(O)c1cc(Cl)cc(NC(=O)c2ccc([N+](=O)[O-])s2)c1. The summed E-state index contributed by atoms with van der Waals surface area (Å²) >= 11 is 6.49. The first-order valence-electron chi connectivity index (χ1n) is 5.46. The summed E-state index contributed by atoms with van der Waals surface area (Å²) in [6.45, 7) is 0. The Labute approximate surface area is 126 Å². The Balaban J connectivity index is 2.22. The predicted molar refractivity (Wildman–Crippen MR) is 77.3 cm³/mol. The summed E-state index contributed by atoms with van der Waals surface area (Å²) in [4.78, 5) is 32.9. The molecule has 0 unspecified atom stereocenters. The van der Waals surface area contributed by atoms with Gasteiger partial charge < -0.3 is 10.4 Å². The molecule has 0 saturated heterocycles. The highest BCUT2D eigenvalue weighted by molar-refractivity contribution is 7.17. The molecule has 1 aromatic heterocycles. The lowest BCUT2D eigenvalue weighted by Crippen LogP contribution is -2.10. The Hall–Kier alpha value is -2.45. The fraction of sp³-hybridized carbons (Fsp3) is 0. The van der Waals surface area contributed by atoms with Gasteiger partial charge in [-0.1, -0.05) is 22.9 Å². The van der Waals surface area contributed by atoms with Crippen LogP contribution >= 0.6 is 22.9 Å². The van der Waals surface area contributed by atoms with Crippen LogP contribution in [0.5, 0.6) is 0 Å². The van der Waals surface area contributed by atoms with E-state index in [9.17, 15) is 19.7 Å². The molecule has 21 heavy (non-hydrogen) atoms. The standard InChI is InChI=1S/C12H7ClN2O5S/c13-7-3-6(12(17)18)4-8(5-7)14-11(16)9-1-2-10(21-9)15(19)20/h1-5H,(H,14,16)(H,17,18). The number of nitrogens with one attached hydrogen (secondary N) is 1. The maximum Gasteiger partial charge on any atom is 0.335 e. The Morgan fingerprint density at radius 2 is 2.00 bits per heavy atom. The van der Waals surface area contributed by atoms with Gasteiger partial charge in [0, 0.05) is 16.8 Å². The number of benzene rings is 1. The molecular formula is C12H7ClN2O5S. The van der Waals surface area contributed by atoms with Gasteiger partial charge in [0.1, 0.15) is 0 Å². The number of carboxylic acids is 1. The van der Waals surface area contributed by atoms with E-state index in [2.05, 4.69) is 5.32 Å². The highest BCUT2D eigenvalue weighted by Gasteiger charge is 2.16. The molecule has 0 spiro atoms. The van der Waals surface area contributed by atoms with Crippen LogP contribution in [0.25, 0.3) is 0 Å². The van der Waals surface area contributed by atoms with Gasteiger partial charge >= 0.3 is 11.0 Å². The van der Waals surface area contributed by atoms with Crippen LogP contribution in [0, 0.1) is 10.1 Å². The van der Waals surface area contributed by atoms with Crippen molar-refractivity contribution in [2.24, 2.45) is 0 Å². The molecule has 7 nitrogen and oxygen atoms in total. The van der Waals surface area contributed by atoms with Crippen molar-refractivity contribution < 1.29 is 19.6 Å². The summed E-state index contributed by atoms with van der Waals surface area (Å²) in [5.74, 6) is -1.76. The number of halogens is 1. The van der Waals surface area contributed by atoms with E-state index < -0.39 is 16.8 Å². The molecule has 1 aromatic carbocycles. The number of hydrogen-bond acceptors (Lipinski definition) is 5. The topological polar surface area (TPSA) is 110 Å². The molecule has 0 aliphatic heterocycles. The Kier molecular flexibility index (Phi) is 4.20. The maximum atomic E-state index is 11.9. The molecule has 2 N–H and O–H groups in total. The molecule has 0 bridgehead atoms. The number of thiophene rings is 1. The number of carboxylic acid groups (broad SMARTS) is 1. The van der Waals surface area contributed by atoms with Crippen molar-refractivity contribution in [3.63, 3.8) is 0 Å². The van der Waals surface area contributed by atoms with Crippen molar-refractivity contribution >= 4 is 45.5 Å². The summed E-state index contributed by atoms with van der Waals surface area (Å²) in [5, 5.41) is 21.9. The lowest BCUT2D eigenvalue weighted by Gasteiger charge is -2.05. The summed E-state index contributed by atoms with van der Waals surface area (Å²) < 4.78 is 0. The molecule has 2 rings (SSSR count). The third kappa shape index (κ3) is 3.56. The molecule has 1 amide bonds. The zero-order chi connectivity index (χ0) is 15.6. The molecule has 0 aliphatic carbocycles. The van der Waals surface area contributed by atoms with Crippen molar-refractivity contribution in [3.8, 4) is 0 Å². The van der Waals surface area contributed by atoms with Crippen molar-refractivity contribution in [2.45, 2.75) is 0 Å². The third-order valence-electron chi connectivity index (χ3n) is 2.40. The average molecular weight is 327 g/mol. The predicted octanol–water partition coefficient (Wildman–Crippen LogP) is 3.26. The summed E-state index contributed by atoms with van der Waals surface area (Å²) in [6, 6.07) is 6.42. The minimum atomic E-state index is -1.18. The van der Waals surface area contributed by atoms with Crippen LogP contribution in [0.1, 0.15) is 20.0 Å². The fourth-order valence-electron chi connectivity index (χ4n) is 1.53. The van der Waals surface area contributed by atoms with Crippen molar-refractivity contribution in [3.05, 3.63) is 55.9 Å². The van der Waals surface area contributed by atoms with Gasteiger partial charge in [-0.2, -0.15) is 0 Å². The quantitative estimate of drug-likeness (QED) is 0.662. The minimum absolute atomic E-state index is 0.0741. The van der Waals surface area contributed by atoms with E-state index in [1.807, 2.05) is 0 Å². The second-order valence-corrected chi connectivity index (χ2v) is 5.38. The van der Waals surface area contributed by atoms with Crippen LogP contribution in [-0.4, -0.2) is 21.9 Å². The zero-order valence-electron chi connectivity index (χ0n) is 10.2. The maximum absolute atomic E-state index is 11.9. The Morgan fingerprint density at radius 3 is 2.57 bits per heavy atom. The molecule has 0 radical (unpaired) electrons. The number of nitro groups is 1. The van der Waals surface area contributed by atoms with Crippen molar-refractivity contribution in [2.75, 3.05) is 5.32 Å². The number of rotatable bonds is 4. The fourth-order valence-corrected chi connectivity index (χ4v) is 2.48. The first kappa shape index (κ1) is 14.9. The van der Waals surface area contributed by atoms with Gasteiger partial charge in [0.15, 0.2) is 0 Å². The first-order chi connectivity index (χ1) is 9.86. The van der Waals surface area contributed by atoms with E-state index in [1.165, 1.54) is 30.3 Å². The van der Waals surface area contributed by atoms with E-state index in [-0.39, 0.29) is 26.2 Å². The number of aromatic carboxylic acids is 1. The molecule has 0 aliphatic rings. The zero-order valence-corrected chi connectivity index (χ0v) is 11.8.